The minimum absolute atomic E-state index is 0.182. The molecule has 2 heterocycles. The van der Waals surface area contributed by atoms with E-state index in [0.29, 0.717) is 16.9 Å². The summed E-state index contributed by atoms with van der Waals surface area (Å²) >= 11 is 0. The first kappa shape index (κ1) is 14.4. The minimum atomic E-state index is -0.860. The Morgan fingerprint density at radius 1 is 1.17 bits per heavy atom. The Morgan fingerprint density at radius 2 is 1.96 bits per heavy atom. The van der Waals surface area contributed by atoms with Gasteiger partial charge in [-0.2, -0.15) is 0 Å². The third-order valence-corrected chi connectivity index (χ3v) is 3.23. The second-order valence-corrected chi connectivity index (χ2v) is 4.76. The molecule has 116 valence electrons. The van der Waals surface area contributed by atoms with E-state index in [1.165, 1.54) is 12.1 Å². The molecule has 9 heteroatoms. The third kappa shape index (κ3) is 2.93. The van der Waals surface area contributed by atoms with Crippen LogP contribution in [0.1, 0.15) is 5.56 Å². The van der Waals surface area contributed by atoms with Crippen molar-refractivity contribution in [2.45, 2.75) is 6.54 Å². The lowest BCUT2D eigenvalue weighted by molar-refractivity contribution is -0.384. The van der Waals surface area contributed by atoms with Crippen molar-refractivity contribution in [2.24, 2.45) is 0 Å². The molecular weight excluding hydrogens is 302 g/mol. The highest BCUT2D eigenvalue weighted by molar-refractivity contribution is 5.80. The van der Waals surface area contributed by atoms with Gasteiger partial charge < -0.3 is 15.3 Å². The maximum absolute atomic E-state index is 11.5. The van der Waals surface area contributed by atoms with Crippen LogP contribution in [0.4, 0.5) is 11.5 Å². The van der Waals surface area contributed by atoms with Gasteiger partial charge in [0.25, 0.3) is 5.69 Å². The molecule has 0 fully saturated rings. The van der Waals surface area contributed by atoms with E-state index >= 15 is 0 Å². The Bertz CT molecular complexity index is 993. The number of fused-ring (bicyclic) bond motifs is 1. The number of hydrogen-bond donors (Lipinski definition) is 3. The number of nitro benzene ring substituents is 1. The first-order valence-corrected chi connectivity index (χ1v) is 6.63. The van der Waals surface area contributed by atoms with Gasteiger partial charge in [0.2, 0.25) is 0 Å². The summed E-state index contributed by atoms with van der Waals surface area (Å²) in [5.74, 6) is 0.582. The van der Waals surface area contributed by atoms with Crippen LogP contribution in [0, 0.1) is 10.1 Å². The zero-order chi connectivity index (χ0) is 16.4. The molecule has 0 saturated carbocycles. The average Bonchev–Trinajstić information content (AvgIpc) is 2.54. The number of aromatic amines is 2. The summed E-state index contributed by atoms with van der Waals surface area (Å²) in [6, 6.07) is 7.84. The lowest BCUT2D eigenvalue weighted by atomic mass is 10.1. The Balaban J connectivity index is 2.09. The molecular formula is C14H11N5O4. The van der Waals surface area contributed by atoms with Crippen LogP contribution in [-0.4, -0.2) is 19.9 Å². The van der Waals surface area contributed by atoms with Crippen molar-refractivity contribution < 1.29 is 4.92 Å². The fraction of sp³-hybridized carbons (Fsp3) is 0.0714. The van der Waals surface area contributed by atoms with Crippen molar-refractivity contribution >= 4 is 22.5 Å². The molecule has 0 saturated heterocycles. The number of nitrogens with zero attached hydrogens (tertiary/aromatic N) is 2. The second-order valence-electron chi connectivity index (χ2n) is 4.76. The number of rotatable bonds is 4. The number of nitro groups is 1. The zero-order valence-electron chi connectivity index (χ0n) is 11.7. The fourth-order valence-electron chi connectivity index (χ4n) is 2.18. The molecule has 1 aromatic carbocycles. The quantitative estimate of drug-likeness (QED) is 0.375. The smallest absolute Gasteiger partial charge is 0.314 e. The molecule has 0 unspecified atom stereocenters. The van der Waals surface area contributed by atoms with E-state index in [9.17, 15) is 19.7 Å². The Kier molecular flexibility index (Phi) is 3.59. The molecule has 0 amide bonds. The molecule has 9 nitrogen and oxygen atoms in total. The van der Waals surface area contributed by atoms with Crippen LogP contribution >= 0.6 is 0 Å². The molecule has 0 atom stereocenters. The van der Waals surface area contributed by atoms with Crippen molar-refractivity contribution in [2.75, 3.05) is 5.32 Å². The fourth-order valence-corrected chi connectivity index (χ4v) is 2.18. The summed E-state index contributed by atoms with van der Waals surface area (Å²) in [6.45, 7) is 0.192. The molecule has 0 aliphatic heterocycles. The van der Waals surface area contributed by atoms with Crippen molar-refractivity contribution in [3.8, 4) is 0 Å². The first-order valence-electron chi connectivity index (χ1n) is 6.63. The normalized spacial score (nSPS) is 10.6. The molecule has 2 aromatic heterocycles. The van der Waals surface area contributed by atoms with Gasteiger partial charge in [-0.05, 0) is 12.1 Å². The highest BCUT2D eigenvalue weighted by atomic mass is 16.6. The van der Waals surface area contributed by atoms with E-state index in [1.54, 1.807) is 24.4 Å². The Labute approximate surface area is 128 Å². The minimum Gasteiger partial charge on any atom is -0.366 e. The highest BCUT2D eigenvalue weighted by Gasteiger charge is 2.13. The summed E-state index contributed by atoms with van der Waals surface area (Å²) in [5.41, 5.74) is -0.858. The maximum Gasteiger partial charge on any atom is 0.314 e. The number of aromatic nitrogens is 3. The predicted octanol–water partition coefficient (Wildman–Crippen LogP) is 1.13. The van der Waals surface area contributed by atoms with Crippen LogP contribution in [0.25, 0.3) is 11.0 Å². The molecule has 0 spiro atoms. The summed E-state index contributed by atoms with van der Waals surface area (Å²) in [7, 11) is 0. The molecule has 3 rings (SSSR count). The third-order valence-electron chi connectivity index (χ3n) is 3.23. The van der Waals surface area contributed by atoms with Crippen LogP contribution in [0.15, 0.2) is 46.1 Å². The Morgan fingerprint density at radius 3 is 2.65 bits per heavy atom. The second kappa shape index (κ2) is 5.72. The van der Waals surface area contributed by atoms with Gasteiger partial charge in [-0.25, -0.2) is 4.98 Å². The SMILES string of the molecule is O=c1[nH]c2cc([N+](=O)[O-])cc(CNc3ccccn3)c2[nH]c1=O. The van der Waals surface area contributed by atoms with Gasteiger partial charge in [-0.1, -0.05) is 6.07 Å². The topological polar surface area (TPSA) is 134 Å². The van der Waals surface area contributed by atoms with E-state index in [2.05, 4.69) is 20.3 Å². The Hall–Kier alpha value is -3.49. The standard InChI is InChI=1S/C14H11N5O4/c20-13-14(21)18-12-8(7-16-11-3-1-2-4-15-11)5-9(19(22)23)6-10(12)17-13/h1-6H,7H2,(H,15,16)(H,17,20)(H,18,21). The molecule has 3 N–H and O–H groups in total. The number of anilines is 1. The monoisotopic (exact) mass is 313 g/mol. The van der Waals surface area contributed by atoms with Crippen molar-refractivity contribution in [1.29, 1.82) is 0 Å². The van der Waals surface area contributed by atoms with Crippen molar-refractivity contribution in [3.05, 3.63) is 72.9 Å². The molecule has 0 radical (unpaired) electrons. The maximum atomic E-state index is 11.5. The molecule has 0 aliphatic rings. The predicted molar refractivity (Wildman–Crippen MR) is 83.4 cm³/mol. The molecule has 3 aromatic rings. The number of H-pyrrole nitrogens is 2. The van der Waals surface area contributed by atoms with Gasteiger partial charge in [0.15, 0.2) is 0 Å². The molecule has 0 bridgehead atoms. The van der Waals surface area contributed by atoms with Gasteiger partial charge >= 0.3 is 11.1 Å². The van der Waals surface area contributed by atoms with Gasteiger partial charge in [-0.15, -0.1) is 0 Å². The van der Waals surface area contributed by atoms with Gasteiger partial charge in [0.05, 0.1) is 16.0 Å². The highest BCUT2D eigenvalue weighted by Crippen LogP contribution is 2.22. The van der Waals surface area contributed by atoms with Gasteiger partial charge in [-0.3, -0.25) is 19.7 Å². The number of benzene rings is 1. The zero-order valence-corrected chi connectivity index (χ0v) is 11.7. The number of nitrogens with one attached hydrogen (secondary N) is 3. The number of hydrogen-bond acceptors (Lipinski definition) is 6. The van der Waals surface area contributed by atoms with Crippen LogP contribution in [0.3, 0.4) is 0 Å². The summed E-state index contributed by atoms with van der Waals surface area (Å²) < 4.78 is 0. The van der Waals surface area contributed by atoms with Crippen LogP contribution < -0.4 is 16.4 Å². The largest absolute Gasteiger partial charge is 0.366 e. The van der Waals surface area contributed by atoms with E-state index in [1.807, 2.05) is 0 Å². The lowest BCUT2D eigenvalue weighted by Gasteiger charge is -2.08. The molecule has 23 heavy (non-hydrogen) atoms. The molecule has 0 aliphatic carbocycles. The van der Waals surface area contributed by atoms with Crippen molar-refractivity contribution in [3.63, 3.8) is 0 Å². The van der Waals surface area contributed by atoms with E-state index < -0.39 is 16.0 Å². The van der Waals surface area contributed by atoms with Crippen molar-refractivity contribution in [1.82, 2.24) is 15.0 Å². The number of pyridine rings is 1. The first-order chi connectivity index (χ1) is 11.0. The van der Waals surface area contributed by atoms with Crippen LogP contribution in [0.2, 0.25) is 0 Å². The van der Waals surface area contributed by atoms with E-state index in [4.69, 9.17) is 0 Å². The van der Waals surface area contributed by atoms with Crippen LogP contribution in [-0.2, 0) is 6.54 Å². The van der Waals surface area contributed by atoms with Crippen LogP contribution in [0.5, 0.6) is 0 Å². The summed E-state index contributed by atoms with van der Waals surface area (Å²) in [5, 5.41) is 14.0. The number of non-ortho nitro benzene ring substituents is 1. The van der Waals surface area contributed by atoms with E-state index in [0.717, 1.165) is 0 Å². The lowest BCUT2D eigenvalue weighted by Crippen LogP contribution is -2.29. The summed E-state index contributed by atoms with van der Waals surface area (Å²) in [6.07, 6.45) is 1.60. The van der Waals surface area contributed by atoms with Gasteiger partial charge in [0.1, 0.15) is 5.82 Å². The average molecular weight is 313 g/mol. The summed E-state index contributed by atoms with van der Waals surface area (Å²) in [4.78, 5) is 42.3. The van der Waals surface area contributed by atoms with E-state index in [-0.39, 0.29) is 17.7 Å². The van der Waals surface area contributed by atoms with Gasteiger partial charge in [0, 0.05) is 30.4 Å².